The minimum Gasteiger partial charge on any atom is -0.465 e. The van der Waals surface area contributed by atoms with E-state index in [-0.39, 0.29) is 48.7 Å². The first kappa shape index (κ1) is 31.1. The maximum Gasteiger partial charge on any atom is 0.337 e. The minimum absolute atomic E-state index is 0. The van der Waals surface area contributed by atoms with E-state index in [0.717, 1.165) is 75.9 Å². The highest BCUT2D eigenvalue weighted by atomic mass is 35.5. The van der Waals surface area contributed by atoms with Crippen LogP contribution in [0.25, 0.3) is 39.6 Å². The van der Waals surface area contributed by atoms with Crippen LogP contribution < -0.4 is 11.1 Å². The number of hydrogen-bond donors (Lipinski definition) is 2. The number of methoxy groups -OCH3 is 1. The number of carbonyl (C=O) groups excluding carboxylic acids is 1. The van der Waals surface area contributed by atoms with Gasteiger partial charge in [0.25, 0.3) is 0 Å². The molecule has 3 N–H and O–H groups in total. The summed E-state index contributed by atoms with van der Waals surface area (Å²) in [5.74, 6) is 1.19. The Labute approximate surface area is 262 Å². The molecule has 0 saturated heterocycles. The quantitative estimate of drug-likeness (QED) is 0.196. The molecule has 3 aromatic carbocycles. The Hall–Kier alpha value is -3.88. The molecular weight excluding hydrogens is 593 g/mol. The molecule has 2 aromatic heterocycles. The van der Waals surface area contributed by atoms with Gasteiger partial charge in [-0.1, -0.05) is 48.5 Å². The molecule has 2 aliphatic rings. The molecule has 0 bridgehead atoms. The topological polar surface area (TPSA) is 95.1 Å². The number of hydrogen-bond acceptors (Lipinski definition) is 6. The van der Waals surface area contributed by atoms with Crippen molar-refractivity contribution >= 4 is 54.7 Å². The van der Waals surface area contributed by atoms with Crippen LogP contribution in [0.15, 0.2) is 91.1 Å². The minimum atomic E-state index is -0.371. The fourth-order valence-corrected chi connectivity index (χ4v) is 5.58. The predicted octanol–water partition coefficient (Wildman–Crippen LogP) is 7.72. The number of pyridine rings is 1. The number of carbonyl (C=O) groups is 1. The number of aromatic nitrogens is 3. The summed E-state index contributed by atoms with van der Waals surface area (Å²) in [7, 11) is 1.39. The number of benzene rings is 3. The molecule has 0 atom stereocenters. The number of halogens is 3. The normalized spacial score (nSPS) is 13.6. The number of rotatable bonds is 4. The number of nitrogens with two attached hydrogens (primary N) is 1. The number of imidazole rings is 1. The van der Waals surface area contributed by atoms with Gasteiger partial charge in [0.1, 0.15) is 5.82 Å². The Morgan fingerprint density at radius 1 is 0.905 bits per heavy atom. The molecule has 7 nitrogen and oxygen atoms in total. The summed E-state index contributed by atoms with van der Waals surface area (Å²) < 4.78 is 7.08. The average molecular weight is 623 g/mol. The lowest BCUT2D eigenvalue weighted by Gasteiger charge is -2.38. The van der Waals surface area contributed by atoms with Gasteiger partial charge in [-0.15, -0.1) is 37.2 Å². The van der Waals surface area contributed by atoms with E-state index in [2.05, 4.69) is 51.3 Å². The van der Waals surface area contributed by atoms with Gasteiger partial charge in [0.15, 0.2) is 5.82 Å². The molecule has 3 heterocycles. The van der Waals surface area contributed by atoms with Crippen LogP contribution in [0.5, 0.6) is 0 Å². The van der Waals surface area contributed by atoms with Crippen LogP contribution in [-0.2, 0) is 10.3 Å². The first-order valence-electron chi connectivity index (χ1n) is 13.1. The SMILES string of the molecule is COC(=O)c1ccc(-c2nc3n(c2-c2ccc(C4(N)CCC4)cc2)-c2cccnc2Nc2ccccc2-3)cc1.Cl.Cl.Cl. The molecule has 5 aromatic rings. The van der Waals surface area contributed by atoms with Crippen molar-refractivity contribution in [2.24, 2.45) is 5.73 Å². The van der Waals surface area contributed by atoms with Gasteiger partial charge in [-0.25, -0.2) is 14.8 Å². The summed E-state index contributed by atoms with van der Waals surface area (Å²) in [4.78, 5) is 22.0. The molecule has 1 saturated carbocycles. The van der Waals surface area contributed by atoms with Crippen LogP contribution in [0.2, 0.25) is 0 Å². The van der Waals surface area contributed by atoms with Crippen LogP contribution in [-0.4, -0.2) is 27.6 Å². The zero-order valence-electron chi connectivity index (χ0n) is 22.7. The van der Waals surface area contributed by atoms with Gasteiger partial charge in [-0.3, -0.25) is 4.57 Å². The molecule has 0 amide bonds. The maximum absolute atomic E-state index is 12.1. The van der Waals surface area contributed by atoms with Crippen LogP contribution in [0, 0.1) is 0 Å². The molecule has 1 aliphatic heterocycles. The largest absolute Gasteiger partial charge is 0.465 e. The van der Waals surface area contributed by atoms with Crippen molar-refractivity contribution in [3.05, 3.63) is 102 Å². The van der Waals surface area contributed by atoms with Gasteiger partial charge < -0.3 is 15.8 Å². The number of nitrogens with one attached hydrogen (secondary N) is 1. The van der Waals surface area contributed by atoms with Gasteiger partial charge in [-0.05, 0) is 61.2 Å². The maximum atomic E-state index is 12.1. The number of fused-ring (bicyclic) bond motifs is 5. The third kappa shape index (κ3) is 5.03. The Balaban J connectivity index is 0.00000135. The second-order valence-electron chi connectivity index (χ2n) is 10.2. The first-order chi connectivity index (χ1) is 19.1. The molecule has 216 valence electrons. The summed E-state index contributed by atoms with van der Waals surface area (Å²) in [6.07, 6.45) is 4.97. The van der Waals surface area contributed by atoms with Crippen molar-refractivity contribution in [2.45, 2.75) is 24.8 Å². The Kier molecular flexibility index (Phi) is 8.99. The van der Waals surface area contributed by atoms with E-state index >= 15 is 0 Å². The van der Waals surface area contributed by atoms with Gasteiger partial charge in [0.2, 0.25) is 0 Å². The highest BCUT2D eigenvalue weighted by Gasteiger charge is 2.34. The van der Waals surface area contributed by atoms with E-state index in [0.29, 0.717) is 5.56 Å². The fourth-order valence-electron chi connectivity index (χ4n) is 5.58. The van der Waals surface area contributed by atoms with E-state index < -0.39 is 0 Å². The highest BCUT2D eigenvalue weighted by Crippen LogP contribution is 2.45. The van der Waals surface area contributed by atoms with Crippen molar-refractivity contribution in [1.29, 1.82) is 0 Å². The van der Waals surface area contributed by atoms with E-state index in [4.69, 9.17) is 15.5 Å². The standard InChI is InChI=1S/C32H27N5O2.3ClH/c1-39-31(38)22-11-9-20(10-12-22)27-28(21-13-15-23(16-14-21)32(33)17-5-18-32)37-26-8-4-19-34-29(26)35-25-7-3-2-6-24(25)30(37)36-27;;;/h2-4,6-16,19H,5,17-18,33H2,1H3,(H,34,35);3*1H. The monoisotopic (exact) mass is 621 g/mol. The van der Waals surface area contributed by atoms with Crippen LogP contribution in [0.4, 0.5) is 11.5 Å². The lowest BCUT2D eigenvalue weighted by Crippen LogP contribution is -2.43. The van der Waals surface area contributed by atoms with Crippen LogP contribution in [0.3, 0.4) is 0 Å². The fraction of sp³-hybridized carbons (Fsp3) is 0.156. The van der Waals surface area contributed by atoms with Crippen LogP contribution in [0.1, 0.15) is 35.2 Å². The van der Waals surface area contributed by atoms with E-state index in [1.54, 1.807) is 18.3 Å². The third-order valence-corrected chi connectivity index (χ3v) is 7.88. The Morgan fingerprint density at radius 2 is 1.60 bits per heavy atom. The van der Waals surface area contributed by atoms with E-state index in [1.165, 1.54) is 7.11 Å². The lowest BCUT2D eigenvalue weighted by molar-refractivity contribution is 0.0600. The van der Waals surface area contributed by atoms with Gasteiger partial charge in [0.05, 0.1) is 35.4 Å². The predicted molar refractivity (Wildman–Crippen MR) is 174 cm³/mol. The first-order valence-corrected chi connectivity index (χ1v) is 13.1. The Bertz CT molecular complexity index is 1730. The van der Waals surface area contributed by atoms with Crippen molar-refractivity contribution in [1.82, 2.24) is 14.5 Å². The molecule has 0 radical (unpaired) electrons. The zero-order chi connectivity index (χ0) is 26.6. The molecule has 0 unspecified atom stereocenters. The zero-order valence-corrected chi connectivity index (χ0v) is 25.2. The van der Waals surface area contributed by atoms with Gasteiger partial charge in [0, 0.05) is 28.4 Å². The number of ether oxygens (including phenoxy) is 1. The van der Waals surface area contributed by atoms with Crippen molar-refractivity contribution in [2.75, 3.05) is 12.4 Å². The smallest absolute Gasteiger partial charge is 0.337 e. The summed E-state index contributed by atoms with van der Waals surface area (Å²) in [6, 6.07) is 28.1. The van der Waals surface area contributed by atoms with Gasteiger partial charge >= 0.3 is 5.97 Å². The average Bonchev–Trinajstić information content (AvgIpc) is 3.30. The molecule has 7 rings (SSSR count). The number of nitrogens with zero attached hydrogens (tertiary/aromatic N) is 3. The Morgan fingerprint density at radius 3 is 2.26 bits per heavy atom. The van der Waals surface area contributed by atoms with Crippen LogP contribution >= 0.6 is 37.2 Å². The summed E-state index contributed by atoms with van der Waals surface area (Å²) in [5, 5.41) is 3.50. The molecular formula is C32H30Cl3N5O2. The number of anilines is 2. The molecule has 1 aliphatic carbocycles. The number of esters is 1. The molecule has 42 heavy (non-hydrogen) atoms. The summed E-state index contributed by atoms with van der Waals surface area (Å²) in [6.45, 7) is 0. The third-order valence-electron chi connectivity index (χ3n) is 7.88. The lowest BCUT2D eigenvalue weighted by atomic mass is 9.72. The molecule has 1 fully saturated rings. The molecule has 0 spiro atoms. The second kappa shape index (κ2) is 12.2. The highest BCUT2D eigenvalue weighted by molar-refractivity contribution is 5.93. The van der Waals surface area contributed by atoms with Crippen molar-refractivity contribution in [3.8, 4) is 39.6 Å². The van der Waals surface area contributed by atoms with Gasteiger partial charge in [-0.2, -0.15) is 0 Å². The van der Waals surface area contributed by atoms with Crippen molar-refractivity contribution in [3.63, 3.8) is 0 Å². The van der Waals surface area contributed by atoms with E-state index in [9.17, 15) is 4.79 Å². The number of para-hydroxylation sites is 1. The molecule has 10 heteroatoms. The summed E-state index contributed by atoms with van der Waals surface area (Å²) >= 11 is 0. The second-order valence-corrected chi connectivity index (χ2v) is 10.2. The van der Waals surface area contributed by atoms with E-state index in [1.807, 2.05) is 36.4 Å². The van der Waals surface area contributed by atoms with Crippen molar-refractivity contribution < 1.29 is 9.53 Å². The summed E-state index contributed by atoms with van der Waals surface area (Å²) in [5.41, 5.74) is 14.5.